The lowest BCUT2D eigenvalue weighted by Gasteiger charge is -2.29. The summed E-state index contributed by atoms with van der Waals surface area (Å²) < 4.78 is 0. The Morgan fingerprint density at radius 2 is 1.92 bits per heavy atom. The highest BCUT2D eigenvalue weighted by atomic mass is 16.3. The molecule has 3 unspecified atom stereocenters. The van der Waals surface area contributed by atoms with Crippen molar-refractivity contribution in [2.24, 2.45) is 11.8 Å². The lowest BCUT2D eigenvalue weighted by atomic mass is 9.84. The van der Waals surface area contributed by atoms with E-state index in [0.29, 0.717) is 11.5 Å². The number of hydrogen-bond acceptors (Lipinski definition) is 4. The minimum absolute atomic E-state index is 0.0604. The first-order valence-electron chi connectivity index (χ1n) is 8.87. The topological polar surface area (TPSA) is 89.8 Å². The molecule has 5 heteroatoms. The molecule has 2 rings (SSSR count). The normalized spacial score (nSPS) is 25.0. The van der Waals surface area contributed by atoms with Crippen LogP contribution in [0.2, 0.25) is 0 Å². The first kappa shape index (κ1) is 18.6. The maximum atomic E-state index is 12.3. The number of carbonyl (C=O) groups is 1. The fourth-order valence-corrected chi connectivity index (χ4v) is 3.46. The molecule has 1 fully saturated rings. The van der Waals surface area contributed by atoms with Crippen LogP contribution in [0.25, 0.3) is 0 Å². The van der Waals surface area contributed by atoms with Gasteiger partial charge < -0.3 is 20.6 Å². The molecule has 134 valence electrons. The first-order chi connectivity index (χ1) is 11.4. The zero-order valence-corrected chi connectivity index (χ0v) is 14.5. The predicted molar refractivity (Wildman–Crippen MR) is 93.5 cm³/mol. The molecule has 0 spiro atoms. The van der Waals surface area contributed by atoms with Gasteiger partial charge in [-0.05, 0) is 43.8 Å². The zero-order valence-electron chi connectivity index (χ0n) is 14.5. The highest BCUT2D eigenvalue weighted by Gasteiger charge is 2.25. The van der Waals surface area contributed by atoms with Gasteiger partial charge in [-0.2, -0.15) is 0 Å². The summed E-state index contributed by atoms with van der Waals surface area (Å²) in [5, 5.41) is 32.5. The van der Waals surface area contributed by atoms with Gasteiger partial charge in [-0.15, -0.1) is 0 Å². The van der Waals surface area contributed by atoms with Crippen LogP contribution < -0.4 is 5.32 Å². The van der Waals surface area contributed by atoms with Crippen molar-refractivity contribution in [1.29, 1.82) is 0 Å². The molecule has 2 aliphatic carbocycles. The van der Waals surface area contributed by atoms with Crippen LogP contribution >= 0.6 is 0 Å². The number of nitrogens with one attached hydrogen (secondary N) is 1. The summed E-state index contributed by atoms with van der Waals surface area (Å²) in [6, 6.07) is 0.0604. The van der Waals surface area contributed by atoms with Gasteiger partial charge in [0, 0.05) is 12.5 Å². The Kier molecular flexibility index (Phi) is 6.49. The van der Waals surface area contributed by atoms with Crippen molar-refractivity contribution in [3.63, 3.8) is 0 Å². The van der Waals surface area contributed by atoms with E-state index in [9.17, 15) is 20.1 Å². The molecule has 0 bridgehead atoms. The highest BCUT2D eigenvalue weighted by molar-refractivity contribution is 5.81. The van der Waals surface area contributed by atoms with Crippen molar-refractivity contribution in [1.82, 2.24) is 5.32 Å². The molecular weight excluding hydrogens is 306 g/mol. The van der Waals surface area contributed by atoms with E-state index in [1.807, 2.05) is 13.8 Å². The molecule has 2 aliphatic rings. The molecule has 1 saturated carbocycles. The number of allylic oxidation sites excluding steroid dienone is 3. The number of aliphatic hydroxyl groups excluding tert-OH is 3. The van der Waals surface area contributed by atoms with Gasteiger partial charge in [-0.25, -0.2) is 0 Å². The standard InChI is InChI=1S/C19H29NO4/c1-12-8-9-16(21)17(22)10-15(12)11-18(23)19(24)20-13(2)14-6-4-3-5-7-14/h8-10,12-14,18,21-23H,3-7,11H2,1-2H3,(H,20,24). The smallest absolute Gasteiger partial charge is 0.249 e. The molecule has 1 amide bonds. The third-order valence-electron chi connectivity index (χ3n) is 5.17. The third-order valence-corrected chi connectivity index (χ3v) is 5.17. The van der Waals surface area contributed by atoms with Crippen molar-refractivity contribution in [2.75, 3.05) is 0 Å². The van der Waals surface area contributed by atoms with Crippen molar-refractivity contribution < 1.29 is 20.1 Å². The Morgan fingerprint density at radius 3 is 2.58 bits per heavy atom. The van der Waals surface area contributed by atoms with E-state index in [0.717, 1.165) is 12.8 Å². The van der Waals surface area contributed by atoms with Gasteiger partial charge in [0.1, 0.15) is 6.10 Å². The Balaban J connectivity index is 1.93. The summed E-state index contributed by atoms with van der Waals surface area (Å²) in [5.74, 6) is -0.412. The Labute approximate surface area is 143 Å². The van der Waals surface area contributed by atoms with Gasteiger partial charge in [-0.1, -0.05) is 37.8 Å². The SMILES string of the molecule is CC1C=CC(O)=C(O)C=C1CC(O)C(=O)NC(C)C1CCCCC1. The fourth-order valence-electron chi connectivity index (χ4n) is 3.46. The average Bonchev–Trinajstić information content (AvgIpc) is 2.69. The molecule has 0 aromatic rings. The lowest BCUT2D eigenvalue weighted by Crippen LogP contribution is -2.44. The van der Waals surface area contributed by atoms with Gasteiger partial charge >= 0.3 is 0 Å². The van der Waals surface area contributed by atoms with Crippen LogP contribution in [-0.4, -0.2) is 33.4 Å². The van der Waals surface area contributed by atoms with Gasteiger partial charge in [0.05, 0.1) is 0 Å². The number of aliphatic hydroxyl groups is 3. The van der Waals surface area contributed by atoms with E-state index in [4.69, 9.17) is 0 Å². The minimum Gasteiger partial charge on any atom is -0.504 e. The minimum atomic E-state index is -1.16. The largest absolute Gasteiger partial charge is 0.504 e. The molecule has 4 N–H and O–H groups in total. The summed E-state index contributed by atoms with van der Waals surface area (Å²) in [4.78, 5) is 12.3. The summed E-state index contributed by atoms with van der Waals surface area (Å²) >= 11 is 0. The molecule has 5 nitrogen and oxygen atoms in total. The summed E-state index contributed by atoms with van der Waals surface area (Å²) in [7, 11) is 0. The molecule has 0 radical (unpaired) electrons. The monoisotopic (exact) mass is 335 g/mol. The van der Waals surface area contributed by atoms with Gasteiger partial charge in [0.25, 0.3) is 0 Å². The zero-order chi connectivity index (χ0) is 17.7. The number of hydrogen-bond donors (Lipinski definition) is 4. The van der Waals surface area contributed by atoms with E-state index in [1.165, 1.54) is 31.4 Å². The van der Waals surface area contributed by atoms with Crippen molar-refractivity contribution in [2.45, 2.75) is 64.5 Å². The molecule has 0 aliphatic heterocycles. The third kappa shape index (κ3) is 4.87. The number of rotatable bonds is 5. The first-order valence-corrected chi connectivity index (χ1v) is 8.87. The van der Waals surface area contributed by atoms with Crippen LogP contribution in [0.1, 0.15) is 52.4 Å². The summed E-state index contributed by atoms with van der Waals surface area (Å²) in [6.45, 7) is 3.90. The van der Waals surface area contributed by atoms with Crippen LogP contribution in [0, 0.1) is 11.8 Å². The van der Waals surface area contributed by atoms with Crippen molar-refractivity contribution in [3.05, 3.63) is 35.3 Å². The van der Waals surface area contributed by atoms with Crippen LogP contribution in [0.15, 0.2) is 35.3 Å². The second-order valence-electron chi connectivity index (χ2n) is 7.05. The van der Waals surface area contributed by atoms with Crippen LogP contribution in [0.3, 0.4) is 0 Å². The van der Waals surface area contributed by atoms with Crippen molar-refractivity contribution >= 4 is 5.91 Å². The predicted octanol–water partition coefficient (Wildman–Crippen LogP) is 3.28. The molecular formula is C19H29NO4. The van der Waals surface area contributed by atoms with Gasteiger partial charge in [0.2, 0.25) is 5.91 Å². The molecule has 0 aromatic carbocycles. The summed E-state index contributed by atoms with van der Waals surface area (Å²) in [6.07, 6.45) is 9.51. The number of amides is 1. The fraction of sp³-hybridized carbons (Fsp3) is 0.632. The highest BCUT2D eigenvalue weighted by Crippen LogP contribution is 2.27. The lowest BCUT2D eigenvalue weighted by molar-refractivity contribution is -0.130. The quantitative estimate of drug-likeness (QED) is 0.621. The summed E-state index contributed by atoms with van der Waals surface area (Å²) in [5.41, 5.74) is 0.709. The second-order valence-corrected chi connectivity index (χ2v) is 7.05. The molecule has 24 heavy (non-hydrogen) atoms. The molecule has 0 saturated heterocycles. The molecule has 0 heterocycles. The van der Waals surface area contributed by atoms with Crippen molar-refractivity contribution in [3.8, 4) is 0 Å². The van der Waals surface area contributed by atoms with E-state index in [1.54, 1.807) is 6.08 Å². The van der Waals surface area contributed by atoms with Crippen LogP contribution in [0.4, 0.5) is 0 Å². The Hall–Kier alpha value is -1.75. The average molecular weight is 335 g/mol. The van der Waals surface area contributed by atoms with E-state index >= 15 is 0 Å². The number of carbonyl (C=O) groups excluding carboxylic acids is 1. The Bertz CT molecular complexity index is 544. The van der Waals surface area contributed by atoms with Crippen LogP contribution in [0.5, 0.6) is 0 Å². The molecule has 0 aromatic heterocycles. The van der Waals surface area contributed by atoms with E-state index in [2.05, 4.69) is 5.32 Å². The molecule has 3 atom stereocenters. The van der Waals surface area contributed by atoms with E-state index in [-0.39, 0.29) is 35.8 Å². The van der Waals surface area contributed by atoms with Gasteiger partial charge in [-0.3, -0.25) is 4.79 Å². The maximum Gasteiger partial charge on any atom is 0.249 e. The Morgan fingerprint density at radius 1 is 1.25 bits per heavy atom. The van der Waals surface area contributed by atoms with Crippen LogP contribution in [-0.2, 0) is 4.79 Å². The van der Waals surface area contributed by atoms with E-state index < -0.39 is 6.10 Å². The maximum absolute atomic E-state index is 12.3. The second kappa shape index (κ2) is 8.38. The van der Waals surface area contributed by atoms with Gasteiger partial charge in [0.15, 0.2) is 11.5 Å².